The molecule has 0 radical (unpaired) electrons. The van der Waals surface area contributed by atoms with Gasteiger partial charge in [0.2, 0.25) is 0 Å². The van der Waals surface area contributed by atoms with Crippen LogP contribution in [0.5, 0.6) is 5.75 Å². The van der Waals surface area contributed by atoms with Gasteiger partial charge in [-0.15, -0.1) is 0 Å². The van der Waals surface area contributed by atoms with Crippen molar-refractivity contribution >= 4 is 34.7 Å². The highest BCUT2D eigenvalue weighted by molar-refractivity contribution is 7.99. The van der Waals surface area contributed by atoms with Crippen LogP contribution >= 0.6 is 11.8 Å². The molecule has 6 nitrogen and oxygen atoms in total. The van der Waals surface area contributed by atoms with E-state index in [4.69, 9.17) is 9.47 Å². The van der Waals surface area contributed by atoms with E-state index in [-0.39, 0.29) is 5.75 Å². The van der Waals surface area contributed by atoms with Crippen LogP contribution in [0.4, 0.5) is 0 Å². The predicted molar refractivity (Wildman–Crippen MR) is 124 cm³/mol. The number of rotatable bonds is 8. The topological polar surface area (TPSA) is 70.4 Å². The molecule has 0 saturated carbocycles. The fourth-order valence-electron chi connectivity index (χ4n) is 3.15. The first kappa shape index (κ1) is 21.6. The largest absolute Gasteiger partial charge is 0.453 e. The van der Waals surface area contributed by atoms with Gasteiger partial charge in [-0.05, 0) is 36.8 Å². The minimum Gasteiger partial charge on any atom is -0.453 e. The van der Waals surface area contributed by atoms with E-state index in [0.29, 0.717) is 17.5 Å². The van der Waals surface area contributed by atoms with Crippen molar-refractivity contribution in [3.05, 3.63) is 90.0 Å². The first-order valence-corrected chi connectivity index (χ1v) is 11.1. The highest BCUT2D eigenvalue weighted by Crippen LogP contribution is 2.25. The summed E-state index contributed by atoms with van der Waals surface area (Å²) in [6.07, 6.45) is 0. The Kier molecular flexibility index (Phi) is 6.87. The molecule has 0 unspecified atom stereocenters. The second-order valence-electron chi connectivity index (χ2n) is 7.19. The van der Waals surface area contributed by atoms with Crippen LogP contribution in [0.1, 0.15) is 11.1 Å². The Labute approximate surface area is 190 Å². The lowest BCUT2D eigenvalue weighted by Gasteiger charge is -2.09. The second kappa shape index (κ2) is 10.2. The monoisotopic (exact) mass is 446 g/mol. The highest BCUT2D eigenvalue weighted by Gasteiger charge is 2.15. The Balaban J connectivity index is 1.36. The number of nitrogens with zero attached hydrogens (tertiary/aromatic N) is 2. The van der Waals surface area contributed by atoms with Crippen molar-refractivity contribution in [2.24, 2.45) is 0 Å². The minimum atomic E-state index is -0.622. The number of esters is 2. The van der Waals surface area contributed by atoms with Crippen LogP contribution < -0.4 is 4.74 Å². The zero-order valence-corrected chi connectivity index (χ0v) is 18.4. The molecular formula is C25H22N2O4S. The highest BCUT2D eigenvalue weighted by atomic mass is 32.2. The number of ether oxygens (including phenoxy) is 2. The predicted octanol–water partition coefficient (Wildman–Crippen LogP) is 4.63. The maximum atomic E-state index is 12.2. The van der Waals surface area contributed by atoms with Crippen LogP contribution in [0.3, 0.4) is 0 Å². The summed E-state index contributed by atoms with van der Waals surface area (Å²) in [5, 5.41) is 0.717. The van der Waals surface area contributed by atoms with Crippen molar-refractivity contribution in [1.29, 1.82) is 0 Å². The lowest BCUT2D eigenvalue weighted by atomic mass is 10.2. The number of para-hydroxylation sites is 2. The van der Waals surface area contributed by atoms with Crippen LogP contribution in [0, 0.1) is 6.92 Å². The molecule has 0 amide bonds. The van der Waals surface area contributed by atoms with Gasteiger partial charge in [0, 0.05) is 0 Å². The molecule has 0 bridgehead atoms. The fraction of sp³-hybridized carbons (Fsp3) is 0.160. The summed E-state index contributed by atoms with van der Waals surface area (Å²) in [5.41, 5.74) is 4.06. The van der Waals surface area contributed by atoms with Crippen molar-refractivity contribution in [2.75, 3.05) is 12.4 Å². The Bertz CT molecular complexity index is 1220. The molecule has 3 aromatic carbocycles. The van der Waals surface area contributed by atoms with Crippen LogP contribution in [-0.2, 0) is 20.9 Å². The summed E-state index contributed by atoms with van der Waals surface area (Å²) in [6, 6.07) is 25.0. The molecule has 1 heterocycles. The minimum absolute atomic E-state index is 0.0376. The van der Waals surface area contributed by atoms with E-state index in [2.05, 4.69) is 21.7 Å². The van der Waals surface area contributed by atoms with Crippen LogP contribution in [0.15, 0.2) is 84.0 Å². The molecule has 0 N–H and O–H groups in total. The van der Waals surface area contributed by atoms with Gasteiger partial charge in [0.25, 0.3) is 0 Å². The summed E-state index contributed by atoms with van der Waals surface area (Å²) in [7, 11) is 0. The van der Waals surface area contributed by atoms with Crippen molar-refractivity contribution in [3.8, 4) is 5.75 Å². The number of fused-ring (bicyclic) bond motifs is 1. The van der Waals surface area contributed by atoms with Gasteiger partial charge in [-0.3, -0.25) is 4.79 Å². The average Bonchev–Trinajstić information content (AvgIpc) is 3.16. The molecular weight excluding hydrogens is 424 g/mol. The molecule has 32 heavy (non-hydrogen) atoms. The smallest absolute Gasteiger partial charge is 0.349 e. The number of hydrogen-bond donors (Lipinski definition) is 0. The zero-order valence-electron chi connectivity index (χ0n) is 17.6. The van der Waals surface area contributed by atoms with Gasteiger partial charge in [-0.25, -0.2) is 9.78 Å². The fourth-order valence-corrected chi connectivity index (χ4v) is 3.97. The third-order valence-corrected chi connectivity index (χ3v) is 5.68. The van der Waals surface area contributed by atoms with Gasteiger partial charge in [0.05, 0.1) is 23.3 Å². The normalized spacial score (nSPS) is 10.8. The summed E-state index contributed by atoms with van der Waals surface area (Å²) in [5.74, 6) is -0.672. The van der Waals surface area contributed by atoms with Gasteiger partial charge < -0.3 is 14.0 Å². The number of thioether (sulfide) groups is 1. The molecule has 0 fully saturated rings. The van der Waals surface area contributed by atoms with Gasteiger partial charge >= 0.3 is 11.9 Å². The number of aryl methyl sites for hydroxylation is 1. The standard InChI is InChI=1S/C25H22N2O4S/c1-18-11-13-20(14-12-18)31-23(28)16-30-24(29)17-32-25-26-21-9-5-6-10-22(21)27(25)15-19-7-3-2-4-8-19/h2-14H,15-17H2,1H3. The number of benzene rings is 3. The Hall–Kier alpha value is -3.58. The SMILES string of the molecule is Cc1ccc(OC(=O)COC(=O)CSc2nc3ccccc3n2Cc2ccccc2)cc1. The quantitative estimate of drug-likeness (QED) is 0.223. The molecule has 7 heteroatoms. The van der Waals surface area contributed by atoms with Crippen LogP contribution in [-0.4, -0.2) is 33.8 Å². The summed E-state index contributed by atoms with van der Waals surface area (Å²) in [4.78, 5) is 28.8. The lowest BCUT2D eigenvalue weighted by molar-refractivity contribution is -0.151. The van der Waals surface area contributed by atoms with Gasteiger partial charge in [-0.2, -0.15) is 0 Å². The van der Waals surface area contributed by atoms with Crippen molar-refractivity contribution < 1.29 is 19.1 Å². The Morgan fingerprint density at radius 1 is 0.906 bits per heavy atom. The van der Waals surface area contributed by atoms with Gasteiger partial charge in [-0.1, -0.05) is 71.9 Å². The molecule has 0 atom stereocenters. The van der Waals surface area contributed by atoms with Crippen molar-refractivity contribution in [1.82, 2.24) is 9.55 Å². The molecule has 4 rings (SSSR count). The van der Waals surface area contributed by atoms with Crippen molar-refractivity contribution in [2.45, 2.75) is 18.6 Å². The van der Waals surface area contributed by atoms with Gasteiger partial charge in [0.15, 0.2) is 11.8 Å². The number of aromatic nitrogens is 2. The maximum absolute atomic E-state index is 12.2. The lowest BCUT2D eigenvalue weighted by Crippen LogP contribution is -2.19. The third-order valence-electron chi connectivity index (χ3n) is 4.73. The van der Waals surface area contributed by atoms with E-state index in [1.807, 2.05) is 61.5 Å². The molecule has 4 aromatic rings. The molecule has 162 valence electrons. The van der Waals surface area contributed by atoms with Crippen LogP contribution in [0.25, 0.3) is 11.0 Å². The average molecular weight is 447 g/mol. The first-order valence-electron chi connectivity index (χ1n) is 10.1. The molecule has 0 saturated heterocycles. The van der Waals surface area contributed by atoms with E-state index in [0.717, 1.165) is 22.2 Å². The Morgan fingerprint density at radius 3 is 2.41 bits per heavy atom. The maximum Gasteiger partial charge on any atom is 0.349 e. The number of carbonyl (C=O) groups excluding carboxylic acids is 2. The zero-order chi connectivity index (χ0) is 22.3. The number of carbonyl (C=O) groups is 2. The van der Waals surface area contributed by atoms with E-state index in [1.165, 1.54) is 11.8 Å². The molecule has 0 aliphatic heterocycles. The van der Waals surface area contributed by atoms with Crippen LogP contribution in [0.2, 0.25) is 0 Å². The first-order chi connectivity index (χ1) is 15.6. The van der Waals surface area contributed by atoms with Gasteiger partial charge in [0.1, 0.15) is 5.75 Å². The summed E-state index contributed by atoms with van der Waals surface area (Å²) >= 11 is 1.28. The molecule has 0 spiro atoms. The molecule has 1 aromatic heterocycles. The molecule has 0 aliphatic rings. The Morgan fingerprint density at radius 2 is 1.62 bits per heavy atom. The van der Waals surface area contributed by atoms with Crippen molar-refractivity contribution in [3.63, 3.8) is 0 Å². The van der Waals surface area contributed by atoms with E-state index >= 15 is 0 Å². The third kappa shape index (κ3) is 5.56. The van der Waals surface area contributed by atoms with E-state index in [1.54, 1.807) is 12.1 Å². The summed E-state index contributed by atoms with van der Waals surface area (Å²) in [6.45, 7) is 2.15. The number of hydrogen-bond acceptors (Lipinski definition) is 6. The molecule has 0 aliphatic carbocycles. The van der Waals surface area contributed by atoms with E-state index < -0.39 is 18.5 Å². The van der Waals surface area contributed by atoms with E-state index in [9.17, 15) is 9.59 Å². The second-order valence-corrected chi connectivity index (χ2v) is 8.13. The number of imidazole rings is 1. The summed E-state index contributed by atoms with van der Waals surface area (Å²) < 4.78 is 12.3.